The standard InChI is InChI=1S/C16H18BrN3O/c1-3-19-7-5-18-15(16(19)21)20-6-4-13-12(10-20)8-11(2)9-14(13)17/h5,7-9H,3-4,6,10H2,1-2H3. The van der Waals surface area contributed by atoms with Crippen LogP contribution in [0.4, 0.5) is 5.82 Å². The number of benzene rings is 1. The molecule has 0 amide bonds. The quantitative estimate of drug-likeness (QED) is 0.838. The van der Waals surface area contributed by atoms with Crippen molar-refractivity contribution in [3.05, 3.63) is 56.0 Å². The normalized spacial score (nSPS) is 14.1. The Morgan fingerprint density at radius 2 is 2.19 bits per heavy atom. The van der Waals surface area contributed by atoms with Crippen molar-refractivity contribution in [3.63, 3.8) is 0 Å². The van der Waals surface area contributed by atoms with Gasteiger partial charge in [-0.15, -0.1) is 0 Å². The minimum absolute atomic E-state index is 0.00447. The van der Waals surface area contributed by atoms with Crippen molar-refractivity contribution in [1.82, 2.24) is 9.55 Å². The average molecular weight is 348 g/mol. The molecule has 0 N–H and O–H groups in total. The summed E-state index contributed by atoms with van der Waals surface area (Å²) in [7, 11) is 0. The monoisotopic (exact) mass is 347 g/mol. The molecule has 110 valence electrons. The summed E-state index contributed by atoms with van der Waals surface area (Å²) in [6, 6.07) is 4.35. The first kappa shape index (κ1) is 14.3. The molecule has 0 saturated heterocycles. The summed E-state index contributed by atoms with van der Waals surface area (Å²) in [6.07, 6.45) is 4.38. The minimum atomic E-state index is -0.00447. The number of aromatic nitrogens is 2. The summed E-state index contributed by atoms with van der Waals surface area (Å²) in [5, 5.41) is 0. The molecule has 0 saturated carbocycles. The van der Waals surface area contributed by atoms with Crippen molar-refractivity contribution in [1.29, 1.82) is 0 Å². The fraction of sp³-hybridized carbons (Fsp3) is 0.375. The molecular formula is C16H18BrN3O. The van der Waals surface area contributed by atoms with Gasteiger partial charge in [0.2, 0.25) is 0 Å². The molecule has 0 fully saturated rings. The average Bonchev–Trinajstić information content (AvgIpc) is 2.46. The van der Waals surface area contributed by atoms with Crippen LogP contribution in [0.2, 0.25) is 0 Å². The zero-order valence-electron chi connectivity index (χ0n) is 12.3. The van der Waals surface area contributed by atoms with E-state index in [0.29, 0.717) is 12.4 Å². The van der Waals surface area contributed by atoms with Gasteiger partial charge in [0, 0.05) is 36.5 Å². The van der Waals surface area contributed by atoms with Gasteiger partial charge in [-0.25, -0.2) is 4.98 Å². The van der Waals surface area contributed by atoms with Gasteiger partial charge in [0.1, 0.15) is 0 Å². The Hall–Kier alpha value is -1.62. The Kier molecular flexibility index (Phi) is 3.85. The Labute approximate surface area is 132 Å². The molecule has 3 rings (SSSR count). The molecule has 0 bridgehead atoms. The second-order valence-corrected chi connectivity index (χ2v) is 6.25. The van der Waals surface area contributed by atoms with Crippen LogP contribution in [-0.4, -0.2) is 16.1 Å². The molecule has 1 aliphatic rings. The zero-order chi connectivity index (χ0) is 15.0. The lowest BCUT2D eigenvalue weighted by atomic mass is 9.98. The van der Waals surface area contributed by atoms with Gasteiger partial charge in [-0.05, 0) is 43.0 Å². The smallest absolute Gasteiger partial charge is 0.293 e. The van der Waals surface area contributed by atoms with E-state index in [1.807, 2.05) is 6.92 Å². The van der Waals surface area contributed by atoms with Crippen molar-refractivity contribution < 1.29 is 0 Å². The van der Waals surface area contributed by atoms with Crippen LogP contribution >= 0.6 is 15.9 Å². The number of halogens is 1. The molecule has 0 atom stereocenters. The number of fused-ring (bicyclic) bond motifs is 1. The second kappa shape index (κ2) is 5.64. The first-order valence-corrected chi connectivity index (χ1v) is 7.97. The highest BCUT2D eigenvalue weighted by atomic mass is 79.9. The van der Waals surface area contributed by atoms with Crippen LogP contribution in [0.25, 0.3) is 0 Å². The maximum Gasteiger partial charge on any atom is 0.293 e. The van der Waals surface area contributed by atoms with E-state index in [9.17, 15) is 4.79 Å². The lowest BCUT2D eigenvalue weighted by Crippen LogP contribution is -2.37. The SMILES string of the molecule is CCn1ccnc(N2CCc3c(Br)cc(C)cc3C2)c1=O. The second-order valence-electron chi connectivity index (χ2n) is 5.40. The molecule has 0 radical (unpaired) electrons. The number of aryl methyl sites for hydroxylation is 2. The Bertz CT molecular complexity index is 739. The molecule has 0 spiro atoms. The number of rotatable bonds is 2. The van der Waals surface area contributed by atoms with Crippen LogP contribution < -0.4 is 10.5 Å². The zero-order valence-corrected chi connectivity index (χ0v) is 13.9. The van der Waals surface area contributed by atoms with E-state index in [1.54, 1.807) is 17.0 Å². The number of nitrogens with zero attached hydrogens (tertiary/aromatic N) is 3. The highest BCUT2D eigenvalue weighted by Crippen LogP contribution is 2.29. The molecule has 5 heteroatoms. The molecule has 1 aliphatic heterocycles. The summed E-state index contributed by atoms with van der Waals surface area (Å²) in [4.78, 5) is 18.8. The van der Waals surface area contributed by atoms with E-state index in [-0.39, 0.29) is 5.56 Å². The van der Waals surface area contributed by atoms with Crippen LogP contribution in [-0.2, 0) is 19.5 Å². The predicted molar refractivity (Wildman–Crippen MR) is 87.8 cm³/mol. The molecule has 0 unspecified atom stereocenters. The topological polar surface area (TPSA) is 38.1 Å². The molecule has 4 nitrogen and oxygen atoms in total. The molecule has 2 heterocycles. The van der Waals surface area contributed by atoms with E-state index in [2.05, 4.69) is 44.9 Å². The van der Waals surface area contributed by atoms with Crippen LogP contribution in [0.5, 0.6) is 0 Å². The third-order valence-electron chi connectivity index (χ3n) is 3.96. The molecular weight excluding hydrogens is 330 g/mol. The number of anilines is 1. The predicted octanol–water partition coefficient (Wildman–Crippen LogP) is 2.90. The van der Waals surface area contributed by atoms with Crippen molar-refractivity contribution in [3.8, 4) is 0 Å². The van der Waals surface area contributed by atoms with Gasteiger partial charge in [0.15, 0.2) is 5.82 Å². The summed E-state index contributed by atoms with van der Waals surface area (Å²) in [5.74, 6) is 0.558. The molecule has 21 heavy (non-hydrogen) atoms. The van der Waals surface area contributed by atoms with Crippen LogP contribution in [0.3, 0.4) is 0 Å². The first-order chi connectivity index (χ1) is 10.1. The van der Waals surface area contributed by atoms with Gasteiger partial charge >= 0.3 is 0 Å². The Morgan fingerprint density at radius 3 is 2.95 bits per heavy atom. The van der Waals surface area contributed by atoms with Crippen molar-refractivity contribution in [2.45, 2.75) is 33.4 Å². The largest absolute Gasteiger partial charge is 0.347 e. The molecule has 2 aromatic rings. The maximum absolute atomic E-state index is 12.4. The minimum Gasteiger partial charge on any atom is -0.347 e. The van der Waals surface area contributed by atoms with Gasteiger partial charge in [-0.3, -0.25) is 4.79 Å². The summed E-state index contributed by atoms with van der Waals surface area (Å²) in [5.41, 5.74) is 3.86. The fourth-order valence-corrected chi connectivity index (χ4v) is 3.69. The number of hydrogen-bond acceptors (Lipinski definition) is 3. The molecule has 1 aromatic heterocycles. The lowest BCUT2D eigenvalue weighted by Gasteiger charge is -2.30. The molecule has 0 aliphatic carbocycles. The van der Waals surface area contributed by atoms with Crippen LogP contribution in [0.1, 0.15) is 23.6 Å². The summed E-state index contributed by atoms with van der Waals surface area (Å²) in [6.45, 7) is 6.30. The highest BCUT2D eigenvalue weighted by molar-refractivity contribution is 9.10. The Balaban J connectivity index is 1.99. The van der Waals surface area contributed by atoms with Gasteiger partial charge in [-0.1, -0.05) is 22.0 Å². The lowest BCUT2D eigenvalue weighted by molar-refractivity contribution is 0.674. The van der Waals surface area contributed by atoms with Gasteiger partial charge < -0.3 is 9.47 Å². The number of hydrogen-bond donors (Lipinski definition) is 0. The summed E-state index contributed by atoms with van der Waals surface area (Å²) < 4.78 is 2.87. The summed E-state index contributed by atoms with van der Waals surface area (Å²) >= 11 is 3.65. The van der Waals surface area contributed by atoms with E-state index >= 15 is 0 Å². The van der Waals surface area contributed by atoms with Crippen LogP contribution in [0, 0.1) is 6.92 Å². The van der Waals surface area contributed by atoms with Crippen LogP contribution in [0.15, 0.2) is 33.8 Å². The van der Waals surface area contributed by atoms with Gasteiger partial charge in [0.25, 0.3) is 5.56 Å². The van der Waals surface area contributed by atoms with Gasteiger partial charge in [0.05, 0.1) is 0 Å². The Morgan fingerprint density at radius 1 is 1.38 bits per heavy atom. The van der Waals surface area contributed by atoms with Crippen molar-refractivity contribution >= 4 is 21.7 Å². The van der Waals surface area contributed by atoms with E-state index in [4.69, 9.17) is 0 Å². The van der Waals surface area contributed by atoms with E-state index in [0.717, 1.165) is 19.5 Å². The van der Waals surface area contributed by atoms with Crippen molar-refractivity contribution in [2.24, 2.45) is 0 Å². The first-order valence-electron chi connectivity index (χ1n) is 7.18. The molecule has 1 aromatic carbocycles. The van der Waals surface area contributed by atoms with Gasteiger partial charge in [-0.2, -0.15) is 0 Å². The van der Waals surface area contributed by atoms with E-state index in [1.165, 1.54) is 21.2 Å². The highest BCUT2D eigenvalue weighted by Gasteiger charge is 2.22. The third-order valence-corrected chi connectivity index (χ3v) is 4.67. The fourth-order valence-electron chi connectivity index (χ4n) is 2.88. The van der Waals surface area contributed by atoms with E-state index < -0.39 is 0 Å². The third kappa shape index (κ3) is 2.62. The maximum atomic E-state index is 12.4. The van der Waals surface area contributed by atoms with Crippen molar-refractivity contribution in [2.75, 3.05) is 11.4 Å².